The Hall–Kier alpha value is -5.90. The summed E-state index contributed by atoms with van der Waals surface area (Å²) in [5.74, 6) is 4.41. The minimum atomic E-state index is -1.14. The molecule has 0 saturated heterocycles. The van der Waals surface area contributed by atoms with Gasteiger partial charge in [0.05, 0.1) is 33.0 Å². The first-order valence-corrected chi connectivity index (χ1v) is 50.7. The third kappa shape index (κ3) is 27.3. The van der Waals surface area contributed by atoms with E-state index >= 15 is 0 Å². The summed E-state index contributed by atoms with van der Waals surface area (Å²) in [5, 5.41) is 46.5. The number of thioether (sulfide) groups is 5. The van der Waals surface area contributed by atoms with Crippen molar-refractivity contribution in [1.29, 1.82) is 0 Å². The van der Waals surface area contributed by atoms with Crippen LogP contribution >= 0.6 is 58.8 Å². The van der Waals surface area contributed by atoms with Gasteiger partial charge < -0.3 is 49.2 Å². The molecule has 0 fully saturated rings. The van der Waals surface area contributed by atoms with Gasteiger partial charge in [0.15, 0.2) is 31.1 Å². The second-order valence-corrected chi connectivity index (χ2v) is 51.5. The Kier molecular flexibility index (Phi) is 34.6. The van der Waals surface area contributed by atoms with E-state index in [1.807, 2.05) is 30.6 Å². The number of aromatic amines is 5. The quantitative estimate of drug-likeness (QED) is 0.0289. The molecular formula is C68H102N10O20S5Si3. The van der Waals surface area contributed by atoms with Crippen molar-refractivity contribution >= 4 is 83.0 Å². The summed E-state index contributed by atoms with van der Waals surface area (Å²) in [6.45, 7) is 27.8. The van der Waals surface area contributed by atoms with Crippen LogP contribution in [-0.4, -0.2) is 190 Å². The van der Waals surface area contributed by atoms with Gasteiger partial charge in [0.1, 0.15) is 30.5 Å². The maximum absolute atomic E-state index is 12.1. The van der Waals surface area contributed by atoms with Crippen molar-refractivity contribution in [3.63, 3.8) is 0 Å². The van der Waals surface area contributed by atoms with E-state index in [1.165, 1.54) is 89.8 Å². The van der Waals surface area contributed by atoms with Crippen LogP contribution in [0, 0.1) is 19.8 Å². The molecule has 5 aliphatic rings. The van der Waals surface area contributed by atoms with E-state index in [0.29, 0.717) is 17.0 Å². The Balaban J connectivity index is 0.000000208. The van der Waals surface area contributed by atoms with Gasteiger partial charge in [0.2, 0.25) is 0 Å². The molecule has 10 N–H and O–H groups in total. The fourth-order valence-corrected chi connectivity index (χ4v) is 23.0. The molecule has 5 aliphatic heterocycles. The van der Waals surface area contributed by atoms with Gasteiger partial charge in [0.25, 0.3) is 27.8 Å². The van der Waals surface area contributed by atoms with Gasteiger partial charge in [-0.3, -0.25) is 71.7 Å². The molecule has 0 bridgehead atoms. The fraction of sp³-hybridized carbons (Fsp3) is 0.559. The van der Waals surface area contributed by atoms with Crippen LogP contribution in [-0.2, 0) is 23.7 Å². The largest absolute Gasteiger partial charge is 0.393 e. The van der Waals surface area contributed by atoms with Crippen LogP contribution in [0.15, 0.2) is 152 Å². The zero-order chi connectivity index (χ0) is 78.5. The smallest absolute Gasteiger partial charge is 0.330 e. The lowest BCUT2D eigenvalue weighted by Gasteiger charge is -2.20. The molecule has 0 aliphatic carbocycles. The highest BCUT2D eigenvalue weighted by Gasteiger charge is 2.35. The molecule has 0 amide bonds. The molecule has 0 saturated carbocycles. The lowest BCUT2D eigenvalue weighted by atomic mass is 10.2. The van der Waals surface area contributed by atoms with Crippen molar-refractivity contribution in [3.8, 4) is 0 Å². The number of H-pyrrole nitrogens is 5. The number of hydrogen-bond acceptors (Lipinski definition) is 25. The molecule has 106 heavy (non-hydrogen) atoms. The number of aliphatic hydroxyl groups is 5. The molecule has 10 heterocycles. The molecule has 0 unspecified atom stereocenters. The molecular weight excluding hydrogens is 1520 g/mol. The summed E-state index contributed by atoms with van der Waals surface area (Å²) in [5.41, 5.74) is -3.76. The zero-order valence-electron chi connectivity index (χ0n) is 62.2. The first-order chi connectivity index (χ1) is 49.9. The number of aromatic nitrogens is 10. The number of nitrogens with one attached hydrogen (secondary N) is 5. The maximum atomic E-state index is 12.1. The molecule has 0 aromatic carbocycles. The van der Waals surface area contributed by atoms with Crippen LogP contribution in [0.2, 0.25) is 77.1 Å². The molecule has 30 nitrogen and oxygen atoms in total. The topological polar surface area (TPSA) is 422 Å². The van der Waals surface area contributed by atoms with E-state index in [2.05, 4.69) is 97.7 Å². The lowest BCUT2D eigenvalue weighted by molar-refractivity contribution is -0.0117. The molecule has 10 atom stereocenters. The summed E-state index contributed by atoms with van der Waals surface area (Å²) in [6, 6.07) is 7.33. The number of aliphatic hydroxyl groups excluding tert-OH is 5. The number of nitrogens with zero attached hydrogens (tertiary/aromatic N) is 5. The molecule has 586 valence electrons. The van der Waals surface area contributed by atoms with Gasteiger partial charge in [-0.2, -0.15) is 0 Å². The lowest BCUT2D eigenvalue weighted by Crippen LogP contribution is -2.34. The summed E-state index contributed by atoms with van der Waals surface area (Å²) < 4.78 is 35.1. The van der Waals surface area contributed by atoms with Crippen LogP contribution < -0.4 is 56.2 Å². The number of aryl methyl sites for hydroxylation is 2. The second kappa shape index (κ2) is 41.2. The number of ether oxygens (including phenoxy) is 5. The predicted octanol–water partition coefficient (Wildman–Crippen LogP) is 5.52. The van der Waals surface area contributed by atoms with Crippen molar-refractivity contribution in [2.75, 3.05) is 62.3 Å². The predicted molar refractivity (Wildman–Crippen MR) is 429 cm³/mol. The van der Waals surface area contributed by atoms with Gasteiger partial charge in [-0.15, -0.1) is 58.8 Å². The van der Waals surface area contributed by atoms with E-state index in [1.54, 1.807) is 67.0 Å². The molecule has 0 spiro atoms. The first-order valence-electron chi connectivity index (χ1n) is 34.4. The minimum absolute atomic E-state index is 0.126. The van der Waals surface area contributed by atoms with E-state index in [-0.39, 0.29) is 38.6 Å². The maximum Gasteiger partial charge on any atom is 0.330 e. The van der Waals surface area contributed by atoms with Crippen LogP contribution in [0.5, 0.6) is 0 Å². The van der Waals surface area contributed by atoms with Gasteiger partial charge >= 0.3 is 28.4 Å². The molecule has 5 aromatic heterocycles. The summed E-state index contributed by atoms with van der Waals surface area (Å²) in [7, 11) is -3.38. The van der Waals surface area contributed by atoms with Crippen LogP contribution in [0.25, 0.3) is 0 Å². The normalized spacial score (nSPS) is 22.0. The average molecular weight is 1620 g/mol. The monoisotopic (exact) mass is 1620 g/mol. The Morgan fingerprint density at radius 1 is 0.406 bits per heavy atom. The Morgan fingerprint density at radius 2 is 0.717 bits per heavy atom. The van der Waals surface area contributed by atoms with E-state index < -0.39 is 137 Å². The standard InChI is InChI=1S/2C15H24N2O4SSi.C14H22N2O4SSi.C14H20N2O4S.C10H12N2O4S/c1-10-8-17(15(20)16-14(10)19)13-7-12(11(9-18)21-13)22-5-6-23(2,3)4;1-10-8-17(15(20)16-13(10)19)14-12(7-11(9-18)21-14)22-5-6-23(2,3)4;1-22(2,3)7-6-21-11-8-10(9-17)20-13(11)16-5-4-12(18)15-14(16)19;1-9(2)4-6-21-11-7-10(8-17)20-13(11)16-5-3-12(18)15-14(16)19;1-17-7-4-6(5-13)16-9(7)12-3-2-8(14)11-10(12)15/h7-8,11,13,18H,5-6,9H2,1-4H3,(H,16,19,20);7-8,11,14,18H,5-6,9H2,1-4H3,(H,16,19,20);4-5,8,10,13,17H,6-7,9H2,1-3H3,(H,15,18,19);3,5,7,9-10,13,17H,4,6,8H2,1-2H3,(H,15,18,19);2-4,6,9,13H,5H2,1H3,(H,11,14,15)/t11-,13-;11-,14+;2*10-,13+;6-,9+/m10000/s1. The Bertz CT molecular complexity index is 4560. The molecule has 38 heteroatoms. The van der Waals surface area contributed by atoms with Crippen molar-refractivity contribution in [2.45, 2.75) is 173 Å². The third-order valence-electron chi connectivity index (χ3n) is 16.1. The van der Waals surface area contributed by atoms with Gasteiger partial charge in [-0.05, 0) is 104 Å². The van der Waals surface area contributed by atoms with E-state index in [0.717, 1.165) is 66.0 Å². The summed E-state index contributed by atoms with van der Waals surface area (Å²) in [4.78, 5) is 131. The zero-order valence-corrected chi connectivity index (χ0v) is 69.3. The van der Waals surface area contributed by atoms with Gasteiger partial charge in [-0.1, -0.05) is 72.8 Å². The molecule has 10 rings (SSSR count). The van der Waals surface area contributed by atoms with Gasteiger partial charge in [0, 0.05) is 109 Å². The number of rotatable bonds is 27. The minimum Gasteiger partial charge on any atom is -0.393 e. The number of hydrogen-bond donors (Lipinski definition) is 10. The highest BCUT2D eigenvalue weighted by Crippen LogP contribution is 2.41. The van der Waals surface area contributed by atoms with Crippen molar-refractivity contribution in [3.05, 3.63) is 219 Å². The Labute approximate surface area is 636 Å². The SMILES string of the molecule is CC(C)CCSC1=C[C@@H](CO)O[C@H]1n1ccc(=O)[nH]c1=O.CSC1=C[C@@H](CO)O[C@H]1n1ccc(=O)[nH]c1=O.C[Si](C)(C)CCSC1=C[C@@H](CO)O[C@H]1n1ccc(=O)[nH]c1=O.Cc1cn([C@@H]2O[C@H](CO)C=C2SCC[Si](C)(C)C)c(=O)[nH]c1=O.Cc1cn([C@H]2C=C(SCC[Si](C)(C)C)[C@@H](CO)O2)c(=O)[nH]c1=O. The van der Waals surface area contributed by atoms with Crippen LogP contribution in [0.4, 0.5) is 0 Å². The first kappa shape index (κ1) is 89.0. The highest BCUT2D eigenvalue weighted by molar-refractivity contribution is 8.04. The fourth-order valence-electron chi connectivity index (χ4n) is 10.0. The average Bonchev–Trinajstić information content (AvgIpc) is 1.54. The van der Waals surface area contributed by atoms with E-state index in [4.69, 9.17) is 28.8 Å². The second-order valence-electron chi connectivity index (χ2n) is 29.1. The van der Waals surface area contributed by atoms with Crippen LogP contribution in [0.1, 0.15) is 62.5 Å². The van der Waals surface area contributed by atoms with Crippen molar-refractivity contribution in [2.24, 2.45) is 5.92 Å². The molecule has 5 aromatic rings. The van der Waals surface area contributed by atoms with E-state index in [9.17, 15) is 68.4 Å². The van der Waals surface area contributed by atoms with Gasteiger partial charge in [-0.25, -0.2) is 24.0 Å². The molecule has 0 radical (unpaired) electrons. The summed E-state index contributed by atoms with van der Waals surface area (Å²) >= 11 is 8.05. The third-order valence-corrected chi connectivity index (χ3v) is 27.7. The van der Waals surface area contributed by atoms with Crippen molar-refractivity contribution in [1.82, 2.24) is 47.8 Å². The Morgan fingerprint density at radius 3 is 1.05 bits per heavy atom. The van der Waals surface area contributed by atoms with Crippen LogP contribution in [0.3, 0.4) is 0 Å². The summed E-state index contributed by atoms with van der Waals surface area (Å²) in [6.07, 6.45) is 14.3. The highest BCUT2D eigenvalue weighted by atomic mass is 32.2. The van der Waals surface area contributed by atoms with Crippen molar-refractivity contribution < 1.29 is 49.2 Å².